The van der Waals surface area contributed by atoms with Crippen molar-refractivity contribution in [2.45, 2.75) is 0 Å². The molecule has 3 aromatic carbocycles. The van der Waals surface area contributed by atoms with E-state index in [4.69, 9.17) is 4.42 Å². The van der Waals surface area contributed by atoms with Gasteiger partial charge in [0.1, 0.15) is 22.2 Å². The number of para-hydroxylation sites is 2. The van der Waals surface area contributed by atoms with E-state index < -0.39 is 15.5 Å². The van der Waals surface area contributed by atoms with Crippen LogP contribution in [0.2, 0.25) is 0 Å². The molecule has 0 amide bonds. The zero-order valence-corrected chi connectivity index (χ0v) is 15.2. The summed E-state index contributed by atoms with van der Waals surface area (Å²) in [5, 5.41) is 30.5. The van der Waals surface area contributed by atoms with Gasteiger partial charge in [0.15, 0.2) is 0 Å². The van der Waals surface area contributed by atoms with Crippen molar-refractivity contribution in [1.29, 1.82) is 0 Å². The Morgan fingerprint density at radius 3 is 2.00 bits per heavy atom. The number of nitro benzene ring substituents is 2. The maximum Gasteiger partial charge on any atom is 0.301 e. The first kappa shape index (κ1) is 18.1. The van der Waals surface area contributed by atoms with Crippen LogP contribution in [0.15, 0.2) is 76.2 Å². The largest absolute Gasteiger partial charge is 0.456 e. The lowest BCUT2D eigenvalue weighted by Crippen LogP contribution is -2.18. The van der Waals surface area contributed by atoms with Crippen LogP contribution in [0, 0.1) is 20.2 Å². The summed E-state index contributed by atoms with van der Waals surface area (Å²) in [5.41, 5.74) is 0.616. The Labute approximate surface area is 163 Å². The van der Waals surface area contributed by atoms with Gasteiger partial charge in [0.2, 0.25) is 0 Å². The van der Waals surface area contributed by atoms with Crippen LogP contribution >= 0.6 is 0 Å². The Morgan fingerprint density at radius 2 is 1.45 bits per heavy atom. The summed E-state index contributed by atoms with van der Waals surface area (Å²) in [4.78, 5) is 21.1. The SMILES string of the molecule is CN(N=c1c2ccccc2oc2ccccc12)c1ccc([N+](=O)[O-])cc1[N+](=O)[O-]. The van der Waals surface area contributed by atoms with Crippen LogP contribution in [0.1, 0.15) is 0 Å². The summed E-state index contributed by atoms with van der Waals surface area (Å²) in [6.45, 7) is 0. The molecule has 0 atom stereocenters. The smallest absolute Gasteiger partial charge is 0.301 e. The van der Waals surface area contributed by atoms with E-state index >= 15 is 0 Å². The molecule has 1 heterocycles. The molecule has 0 saturated heterocycles. The average Bonchev–Trinajstić information content (AvgIpc) is 2.72. The van der Waals surface area contributed by atoms with Gasteiger partial charge in [0.05, 0.1) is 15.9 Å². The summed E-state index contributed by atoms with van der Waals surface area (Å²) in [7, 11) is 1.56. The Morgan fingerprint density at radius 1 is 0.862 bits per heavy atom. The van der Waals surface area contributed by atoms with E-state index in [1.54, 1.807) is 7.05 Å². The van der Waals surface area contributed by atoms with E-state index in [0.717, 1.165) is 16.8 Å². The number of nitro groups is 2. The van der Waals surface area contributed by atoms with Crippen LogP contribution in [-0.2, 0) is 0 Å². The first-order valence-corrected chi connectivity index (χ1v) is 8.57. The molecule has 0 fully saturated rings. The van der Waals surface area contributed by atoms with Crippen molar-refractivity contribution in [2.24, 2.45) is 5.10 Å². The van der Waals surface area contributed by atoms with E-state index in [9.17, 15) is 20.2 Å². The zero-order chi connectivity index (χ0) is 20.5. The Balaban J connectivity index is 1.98. The van der Waals surface area contributed by atoms with Crippen LogP contribution in [0.5, 0.6) is 0 Å². The maximum atomic E-state index is 11.5. The van der Waals surface area contributed by atoms with Gasteiger partial charge in [-0.3, -0.25) is 25.2 Å². The lowest BCUT2D eigenvalue weighted by atomic mass is 10.1. The number of fused-ring (bicyclic) bond motifs is 2. The number of rotatable bonds is 4. The fraction of sp³-hybridized carbons (Fsp3) is 0.0500. The minimum atomic E-state index is -0.673. The molecule has 0 saturated carbocycles. The molecule has 0 aliphatic heterocycles. The highest BCUT2D eigenvalue weighted by Crippen LogP contribution is 2.31. The van der Waals surface area contributed by atoms with Crippen LogP contribution in [0.3, 0.4) is 0 Å². The number of hydrogen-bond acceptors (Lipinski definition) is 7. The lowest BCUT2D eigenvalue weighted by molar-refractivity contribution is -0.393. The van der Waals surface area contributed by atoms with Gasteiger partial charge in [-0.15, -0.1) is 0 Å². The summed E-state index contributed by atoms with van der Waals surface area (Å²) < 4.78 is 5.92. The second-order valence-electron chi connectivity index (χ2n) is 6.25. The third-order valence-electron chi connectivity index (χ3n) is 4.47. The minimum Gasteiger partial charge on any atom is -0.456 e. The van der Waals surface area contributed by atoms with E-state index in [1.165, 1.54) is 17.1 Å². The van der Waals surface area contributed by atoms with Crippen molar-refractivity contribution in [3.8, 4) is 0 Å². The van der Waals surface area contributed by atoms with Crippen molar-refractivity contribution < 1.29 is 14.3 Å². The molecular formula is C20H14N4O5. The summed E-state index contributed by atoms with van der Waals surface area (Å²) in [5.74, 6) is 0. The summed E-state index contributed by atoms with van der Waals surface area (Å²) in [6.07, 6.45) is 0. The Hall–Kier alpha value is -4.27. The molecule has 1 aromatic heterocycles. The summed E-state index contributed by atoms with van der Waals surface area (Å²) in [6, 6.07) is 18.2. The van der Waals surface area contributed by atoms with Gasteiger partial charge in [0.25, 0.3) is 5.69 Å². The number of anilines is 1. The number of nitrogens with zero attached hydrogens (tertiary/aromatic N) is 4. The topological polar surface area (TPSA) is 115 Å². The molecule has 0 radical (unpaired) electrons. The zero-order valence-electron chi connectivity index (χ0n) is 15.2. The Bertz CT molecular complexity index is 1290. The number of non-ortho nitro benzene ring substituents is 1. The van der Waals surface area contributed by atoms with Gasteiger partial charge in [-0.05, 0) is 30.3 Å². The first-order valence-electron chi connectivity index (χ1n) is 8.57. The number of benzene rings is 3. The molecule has 4 rings (SSSR count). The van der Waals surface area contributed by atoms with E-state index in [1.807, 2.05) is 48.5 Å². The molecule has 0 bridgehead atoms. The molecule has 0 spiro atoms. The normalized spacial score (nSPS) is 10.8. The number of hydrogen-bond donors (Lipinski definition) is 0. The van der Waals surface area contributed by atoms with E-state index in [0.29, 0.717) is 16.5 Å². The first-order chi connectivity index (χ1) is 14.0. The Kier molecular flexibility index (Phi) is 4.40. The molecule has 0 aliphatic carbocycles. The molecule has 0 aliphatic rings. The van der Waals surface area contributed by atoms with Gasteiger partial charge < -0.3 is 4.42 Å². The average molecular weight is 390 g/mol. The third kappa shape index (κ3) is 3.25. The molecule has 4 aromatic rings. The molecule has 144 valence electrons. The predicted octanol–water partition coefficient (Wildman–Crippen LogP) is 4.35. The van der Waals surface area contributed by atoms with Crippen molar-refractivity contribution in [3.05, 3.63) is 92.3 Å². The highest BCUT2D eigenvalue weighted by Gasteiger charge is 2.22. The van der Waals surface area contributed by atoms with Gasteiger partial charge >= 0.3 is 5.69 Å². The van der Waals surface area contributed by atoms with Crippen molar-refractivity contribution in [2.75, 3.05) is 12.1 Å². The highest BCUT2D eigenvalue weighted by molar-refractivity contribution is 5.89. The highest BCUT2D eigenvalue weighted by atomic mass is 16.6. The molecule has 9 nitrogen and oxygen atoms in total. The quantitative estimate of drug-likeness (QED) is 0.290. The standard InChI is InChI=1S/C20H14N4O5/c1-22(16-11-10-13(23(25)26)12-17(16)24(27)28)21-20-14-6-2-4-8-18(14)29-19-9-5-3-7-15(19)20/h2-12H,1H3. The van der Waals surface area contributed by atoms with Crippen molar-refractivity contribution in [1.82, 2.24) is 0 Å². The molecule has 0 N–H and O–H groups in total. The van der Waals surface area contributed by atoms with Crippen LogP contribution in [0.25, 0.3) is 21.9 Å². The van der Waals surface area contributed by atoms with Crippen LogP contribution < -0.4 is 10.4 Å². The van der Waals surface area contributed by atoms with E-state index in [2.05, 4.69) is 5.10 Å². The van der Waals surface area contributed by atoms with Gasteiger partial charge in [-0.1, -0.05) is 24.3 Å². The summed E-state index contributed by atoms with van der Waals surface area (Å²) >= 11 is 0. The molecule has 9 heteroatoms. The molecule has 0 unspecified atom stereocenters. The van der Waals surface area contributed by atoms with Gasteiger partial charge in [0, 0.05) is 23.9 Å². The monoisotopic (exact) mass is 390 g/mol. The second-order valence-corrected chi connectivity index (χ2v) is 6.25. The van der Waals surface area contributed by atoms with Crippen molar-refractivity contribution >= 4 is 39.0 Å². The van der Waals surface area contributed by atoms with E-state index in [-0.39, 0.29) is 11.4 Å². The van der Waals surface area contributed by atoms with Crippen LogP contribution in [-0.4, -0.2) is 16.9 Å². The molecular weight excluding hydrogens is 376 g/mol. The predicted molar refractivity (Wildman–Crippen MR) is 107 cm³/mol. The third-order valence-corrected chi connectivity index (χ3v) is 4.47. The molecule has 29 heavy (non-hydrogen) atoms. The fourth-order valence-electron chi connectivity index (χ4n) is 3.12. The van der Waals surface area contributed by atoms with Crippen molar-refractivity contribution in [3.63, 3.8) is 0 Å². The second kappa shape index (κ2) is 7.04. The minimum absolute atomic E-state index is 0.134. The fourth-order valence-corrected chi connectivity index (χ4v) is 3.12. The maximum absolute atomic E-state index is 11.5. The van der Waals surface area contributed by atoms with Crippen LogP contribution in [0.4, 0.5) is 17.1 Å². The van der Waals surface area contributed by atoms with Gasteiger partial charge in [-0.2, -0.15) is 5.10 Å². The van der Waals surface area contributed by atoms with Gasteiger partial charge in [-0.25, -0.2) is 0 Å². The lowest BCUT2D eigenvalue weighted by Gasteiger charge is -2.14.